The molecule has 21 heavy (non-hydrogen) atoms. The average Bonchev–Trinajstić information content (AvgIpc) is 2.55. The van der Waals surface area contributed by atoms with Gasteiger partial charge in [0.2, 0.25) is 0 Å². The summed E-state index contributed by atoms with van der Waals surface area (Å²) in [7, 11) is 3.44. The van der Waals surface area contributed by atoms with E-state index < -0.39 is 0 Å². The zero-order chi connectivity index (χ0) is 15.8. The lowest BCUT2D eigenvalue weighted by molar-refractivity contribution is -0.0186. The number of allylic oxidation sites excluding steroid dienone is 3. The molecule has 0 amide bonds. The van der Waals surface area contributed by atoms with Crippen molar-refractivity contribution in [2.75, 3.05) is 14.2 Å². The number of hydrogen-bond donors (Lipinski definition) is 0. The van der Waals surface area contributed by atoms with Gasteiger partial charge < -0.3 is 9.47 Å². The van der Waals surface area contributed by atoms with E-state index in [0.717, 1.165) is 5.57 Å². The lowest BCUT2D eigenvalue weighted by atomic mass is 9.79. The van der Waals surface area contributed by atoms with E-state index in [9.17, 15) is 0 Å². The molecule has 114 valence electrons. The molecule has 0 bridgehead atoms. The summed E-state index contributed by atoms with van der Waals surface area (Å²) in [5.74, 6) is 0. The second-order valence-corrected chi connectivity index (χ2v) is 4.46. The third-order valence-electron chi connectivity index (χ3n) is 3.54. The van der Waals surface area contributed by atoms with E-state index >= 15 is 0 Å². The minimum absolute atomic E-state index is 0.0869. The Morgan fingerprint density at radius 1 is 1.05 bits per heavy atom. The number of rotatable bonds is 3. The summed E-state index contributed by atoms with van der Waals surface area (Å²) in [6, 6.07) is 8.31. The van der Waals surface area contributed by atoms with E-state index in [1.165, 1.54) is 16.7 Å². The van der Waals surface area contributed by atoms with E-state index in [1.54, 1.807) is 20.3 Å². The van der Waals surface area contributed by atoms with Crippen molar-refractivity contribution >= 4 is 5.57 Å². The summed E-state index contributed by atoms with van der Waals surface area (Å²) in [5, 5.41) is 0. The van der Waals surface area contributed by atoms with E-state index in [2.05, 4.69) is 24.8 Å². The molecule has 2 atom stereocenters. The van der Waals surface area contributed by atoms with E-state index in [-0.39, 0.29) is 12.2 Å². The van der Waals surface area contributed by atoms with Gasteiger partial charge in [-0.1, -0.05) is 62.9 Å². The van der Waals surface area contributed by atoms with Crippen LogP contribution in [0.25, 0.3) is 5.57 Å². The Hall–Kier alpha value is -1.64. The van der Waals surface area contributed by atoms with Crippen molar-refractivity contribution in [2.45, 2.75) is 33.0 Å². The van der Waals surface area contributed by atoms with Gasteiger partial charge in [0, 0.05) is 14.2 Å². The summed E-state index contributed by atoms with van der Waals surface area (Å²) >= 11 is 0. The summed E-state index contributed by atoms with van der Waals surface area (Å²) in [4.78, 5) is 0. The molecule has 0 saturated carbocycles. The van der Waals surface area contributed by atoms with Crippen LogP contribution in [0.3, 0.4) is 0 Å². The molecule has 2 nitrogen and oxygen atoms in total. The van der Waals surface area contributed by atoms with E-state index in [0.29, 0.717) is 0 Å². The van der Waals surface area contributed by atoms with Gasteiger partial charge in [0.1, 0.15) is 12.2 Å². The maximum absolute atomic E-state index is 5.67. The van der Waals surface area contributed by atoms with Crippen molar-refractivity contribution in [3.63, 3.8) is 0 Å². The van der Waals surface area contributed by atoms with Crippen molar-refractivity contribution in [3.05, 3.63) is 65.8 Å². The predicted octanol–water partition coefficient (Wildman–Crippen LogP) is 4.94. The van der Waals surface area contributed by atoms with Crippen molar-refractivity contribution in [1.82, 2.24) is 0 Å². The standard InChI is InChI=1S/C17H20O2.C2H6/c1-5-9-14-12(6-2)13-10-7-8-11-15(13)17(19-4)16(14)18-3;1-2/h5-11,16-17H,1H2,2-4H3;1-2H3/b12-6-,14-9+;. The molecule has 0 aliphatic heterocycles. The normalized spacial score (nSPS) is 24.2. The highest BCUT2D eigenvalue weighted by Crippen LogP contribution is 2.43. The second-order valence-electron chi connectivity index (χ2n) is 4.46. The highest BCUT2D eigenvalue weighted by atomic mass is 16.5. The topological polar surface area (TPSA) is 18.5 Å². The summed E-state index contributed by atoms with van der Waals surface area (Å²) in [6.45, 7) is 9.84. The van der Waals surface area contributed by atoms with Crippen molar-refractivity contribution in [1.29, 1.82) is 0 Å². The predicted molar refractivity (Wildman–Crippen MR) is 90.3 cm³/mol. The zero-order valence-electron chi connectivity index (χ0n) is 13.7. The van der Waals surface area contributed by atoms with Gasteiger partial charge in [0.25, 0.3) is 0 Å². The first kappa shape index (κ1) is 17.4. The molecule has 2 unspecified atom stereocenters. The molecular weight excluding hydrogens is 260 g/mol. The zero-order valence-corrected chi connectivity index (χ0v) is 13.7. The van der Waals surface area contributed by atoms with Gasteiger partial charge in [-0.25, -0.2) is 0 Å². The molecule has 0 spiro atoms. The molecule has 1 aliphatic rings. The fraction of sp³-hybridized carbons (Fsp3) is 0.368. The third kappa shape index (κ3) is 3.34. The van der Waals surface area contributed by atoms with Crippen LogP contribution >= 0.6 is 0 Å². The molecule has 0 saturated heterocycles. The Labute approximate surface area is 128 Å². The largest absolute Gasteiger partial charge is 0.374 e. The van der Waals surface area contributed by atoms with E-state index in [4.69, 9.17) is 9.47 Å². The van der Waals surface area contributed by atoms with Gasteiger partial charge in [0.15, 0.2) is 0 Å². The lowest BCUT2D eigenvalue weighted by Gasteiger charge is -2.35. The fourth-order valence-electron chi connectivity index (χ4n) is 2.76. The Kier molecular flexibility index (Phi) is 7.13. The maximum Gasteiger partial charge on any atom is 0.113 e. The summed E-state index contributed by atoms with van der Waals surface area (Å²) in [5.41, 5.74) is 4.69. The summed E-state index contributed by atoms with van der Waals surface area (Å²) < 4.78 is 11.3. The highest BCUT2D eigenvalue weighted by Gasteiger charge is 2.35. The van der Waals surface area contributed by atoms with Crippen LogP contribution in [0.5, 0.6) is 0 Å². The monoisotopic (exact) mass is 286 g/mol. The van der Waals surface area contributed by atoms with Gasteiger partial charge in [-0.05, 0) is 29.2 Å². The van der Waals surface area contributed by atoms with Gasteiger partial charge in [-0.2, -0.15) is 0 Å². The van der Waals surface area contributed by atoms with Crippen LogP contribution in [0.2, 0.25) is 0 Å². The van der Waals surface area contributed by atoms with Crippen LogP contribution in [0.15, 0.2) is 54.6 Å². The second kappa shape index (κ2) is 8.60. The highest BCUT2D eigenvalue weighted by molar-refractivity contribution is 5.84. The lowest BCUT2D eigenvalue weighted by Crippen LogP contribution is -2.30. The molecule has 0 aromatic heterocycles. The maximum atomic E-state index is 5.67. The Morgan fingerprint density at radius 2 is 1.67 bits per heavy atom. The number of ether oxygens (including phenoxy) is 2. The smallest absolute Gasteiger partial charge is 0.113 e. The van der Waals surface area contributed by atoms with Gasteiger partial charge in [-0.15, -0.1) is 0 Å². The minimum atomic E-state index is -0.107. The summed E-state index contributed by atoms with van der Waals surface area (Å²) in [6.07, 6.45) is 5.73. The number of fused-ring (bicyclic) bond motifs is 1. The third-order valence-corrected chi connectivity index (χ3v) is 3.54. The van der Waals surface area contributed by atoms with Crippen molar-refractivity contribution < 1.29 is 9.47 Å². The average molecular weight is 286 g/mol. The Balaban J connectivity index is 0.00000106. The quantitative estimate of drug-likeness (QED) is 0.783. The van der Waals surface area contributed by atoms with Crippen LogP contribution in [-0.2, 0) is 9.47 Å². The first-order chi connectivity index (χ1) is 10.3. The molecule has 0 heterocycles. The molecule has 0 N–H and O–H groups in total. The molecule has 1 aromatic carbocycles. The van der Waals surface area contributed by atoms with Crippen molar-refractivity contribution in [3.8, 4) is 0 Å². The molecule has 2 rings (SSSR count). The van der Waals surface area contributed by atoms with Gasteiger partial charge in [-0.3, -0.25) is 0 Å². The van der Waals surface area contributed by atoms with Crippen LogP contribution in [0, 0.1) is 0 Å². The minimum Gasteiger partial charge on any atom is -0.374 e. The SMILES string of the molecule is C=C/C=C1\C(=C/C)c2ccccc2C(OC)C1OC.CC. The van der Waals surface area contributed by atoms with Crippen LogP contribution in [-0.4, -0.2) is 20.3 Å². The molecule has 1 aromatic rings. The van der Waals surface area contributed by atoms with Crippen LogP contribution in [0.4, 0.5) is 0 Å². The Morgan fingerprint density at radius 3 is 2.19 bits per heavy atom. The van der Waals surface area contributed by atoms with Gasteiger partial charge >= 0.3 is 0 Å². The molecule has 0 radical (unpaired) electrons. The first-order valence-corrected chi connectivity index (χ1v) is 7.42. The number of hydrogen-bond acceptors (Lipinski definition) is 2. The number of benzene rings is 1. The van der Waals surface area contributed by atoms with Gasteiger partial charge in [0.05, 0.1) is 0 Å². The molecule has 0 fully saturated rings. The van der Waals surface area contributed by atoms with Crippen LogP contribution < -0.4 is 0 Å². The van der Waals surface area contributed by atoms with Crippen LogP contribution in [0.1, 0.15) is 38.0 Å². The van der Waals surface area contributed by atoms with E-state index in [1.807, 2.05) is 39.0 Å². The molecule has 2 heteroatoms. The molecular formula is C19H26O2. The first-order valence-electron chi connectivity index (χ1n) is 7.42. The number of methoxy groups -OCH3 is 2. The van der Waals surface area contributed by atoms with Crippen molar-refractivity contribution in [2.24, 2.45) is 0 Å². The Bertz CT molecular complexity index is 526. The fourth-order valence-corrected chi connectivity index (χ4v) is 2.76. The molecule has 1 aliphatic carbocycles.